The molecule has 0 saturated carbocycles. The number of nitrogens with one attached hydrogen (secondary N) is 1. The number of hydrogen-bond donors (Lipinski definition) is 1. The van der Waals surface area contributed by atoms with Gasteiger partial charge in [0.2, 0.25) is 10.0 Å². The van der Waals surface area contributed by atoms with Crippen molar-refractivity contribution in [3.8, 4) is 0 Å². The zero-order valence-corrected chi connectivity index (χ0v) is 11.3. The Morgan fingerprint density at radius 2 is 1.58 bits per heavy atom. The van der Waals surface area contributed by atoms with E-state index in [4.69, 9.17) is 0 Å². The molecule has 0 aromatic heterocycles. The fraction of sp³-hybridized carbons (Fsp3) is 0.455. The van der Waals surface area contributed by atoms with Crippen LogP contribution in [0.2, 0.25) is 0 Å². The number of halogens is 4. The zero-order valence-electron chi connectivity index (χ0n) is 10.5. The lowest BCUT2D eigenvalue weighted by molar-refractivity contribution is -0.137. The van der Waals surface area contributed by atoms with E-state index in [1.807, 2.05) is 4.72 Å². The monoisotopic (exact) mass is 299 g/mol. The van der Waals surface area contributed by atoms with Gasteiger partial charge >= 0.3 is 6.18 Å². The summed E-state index contributed by atoms with van der Waals surface area (Å²) in [4.78, 5) is 0. The van der Waals surface area contributed by atoms with Crippen molar-refractivity contribution in [2.75, 3.05) is 4.72 Å². The molecule has 0 aliphatic heterocycles. The van der Waals surface area contributed by atoms with E-state index in [1.165, 1.54) is 20.8 Å². The molecule has 1 aromatic rings. The summed E-state index contributed by atoms with van der Waals surface area (Å²) in [7, 11) is -3.91. The van der Waals surface area contributed by atoms with Crippen LogP contribution in [0.3, 0.4) is 0 Å². The smallest absolute Gasteiger partial charge is 0.283 e. The molecule has 0 saturated heterocycles. The predicted molar refractivity (Wildman–Crippen MR) is 63.7 cm³/mol. The zero-order chi connectivity index (χ0) is 15.1. The molecule has 8 heteroatoms. The van der Waals surface area contributed by atoms with Crippen LogP contribution in [0, 0.1) is 5.82 Å². The van der Waals surface area contributed by atoms with Gasteiger partial charge in [-0.1, -0.05) is 0 Å². The van der Waals surface area contributed by atoms with E-state index < -0.39 is 38.0 Å². The van der Waals surface area contributed by atoms with E-state index in [2.05, 4.69) is 0 Å². The van der Waals surface area contributed by atoms with Crippen molar-refractivity contribution >= 4 is 15.7 Å². The van der Waals surface area contributed by atoms with E-state index in [-0.39, 0.29) is 0 Å². The minimum absolute atomic E-state index is 0.300. The van der Waals surface area contributed by atoms with E-state index in [9.17, 15) is 26.0 Å². The number of anilines is 1. The third kappa shape index (κ3) is 3.82. The average molecular weight is 299 g/mol. The molecule has 0 atom stereocenters. The van der Waals surface area contributed by atoms with Crippen molar-refractivity contribution in [2.24, 2.45) is 0 Å². The number of sulfonamides is 1. The van der Waals surface area contributed by atoms with Crippen LogP contribution in [0.5, 0.6) is 0 Å². The van der Waals surface area contributed by atoms with Crippen LogP contribution in [0.25, 0.3) is 0 Å². The summed E-state index contributed by atoms with van der Waals surface area (Å²) in [5.41, 5.74) is -1.71. The van der Waals surface area contributed by atoms with Gasteiger partial charge in [0.15, 0.2) is 0 Å². The Morgan fingerprint density at radius 3 is 2.00 bits per heavy atom. The van der Waals surface area contributed by atoms with Crippen LogP contribution < -0.4 is 4.72 Å². The number of rotatable bonds is 2. The molecule has 108 valence electrons. The third-order valence-electron chi connectivity index (χ3n) is 2.28. The van der Waals surface area contributed by atoms with Gasteiger partial charge in [-0.3, -0.25) is 4.72 Å². The largest absolute Gasteiger partial charge is 0.416 e. The normalized spacial score (nSPS) is 13.4. The molecule has 0 spiro atoms. The van der Waals surface area contributed by atoms with Crippen LogP contribution in [0.4, 0.5) is 23.2 Å². The van der Waals surface area contributed by atoms with Gasteiger partial charge in [-0.25, -0.2) is 12.8 Å². The topological polar surface area (TPSA) is 46.2 Å². The summed E-state index contributed by atoms with van der Waals surface area (Å²) in [6.07, 6.45) is -4.75. The maximum atomic E-state index is 13.1. The van der Waals surface area contributed by atoms with Crippen LogP contribution in [0.15, 0.2) is 18.2 Å². The fourth-order valence-electron chi connectivity index (χ4n) is 1.12. The van der Waals surface area contributed by atoms with Crippen molar-refractivity contribution in [2.45, 2.75) is 31.7 Å². The van der Waals surface area contributed by atoms with Crippen molar-refractivity contribution < 1.29 is 26.0 Å². The molecule has 1 N–H and O–H groups in total. The van der Waals surface area contributed by atoms with Crippen molar-refractivity contribution in [1.29, 1.82) is 0 Å². The second-order valence-corrected chi connectivity index (χ2v) is 7.38. The molecular formula is C11H13F4NO2S. The molecule has 0 aliphatic carbocycles. The van der Waals surface area contributed by atoms with Crippen LogP contribution >= 0.6 is 0 Å². The summed E-state index contributed by atoms with van der Waals surface area (Å²) in [5, 5.41) is 0. The Balaban J connectivity index is 3.21. The van der Waals surface area contributed by atoms with Gasteiger partial charge in [-0.05, 0) is 39.0 Å². The second-order valence-electron chi connectivity index (χ2n) is 4.94. The van der Waals surface area contributed by atoms with E-state index in [1.54, 1.807) is 0 Å². The summed E-state index contributed by atoms with van der Waals surface area (Å²) < 4.78 is 74.8. The first-order chi connectivity index (χ1) is 8.33. The molecule has 0 fully saturated rings. The van der Waals surface area contributed by atoms with Crippen molar-refractivity contribution in [3.05, 3.63) is 29.6 Å². The SMILES string of the molecule is CC(C)(C)S(=O)(=O)Nc1cc(F)cc(C(F)(F)F)c1. The van der Waals surface area contributed by atoms with Gasteiger partial charge in [0.05, 0.1) is 16.0 Å². The highest BCUT2D eigenvalue weighted by Crippen LogP contribution is 2.32. The second kappa shape index (κ2) is 4.66. The Kier molecular flexibility index (Phi) is 3.86. The molecule has 3 nitrogen and oxygen atoms in total. The summed E-state index contributed by atoms with van der Waals surface area (Å²) in [6, 6.07) is 1.54. The van der Waals surface area contributed by atoms with E-state index in [0.29, 0.717) is 18.2 Å². The molecule has 1 rings (SSSR count). The molecular weight excluding hydrogens is 286 g/mol. The molecule has 0 amide bonds. The minimum Gasteiger partial charge on any atom is -0.283 e. The first-order valence-corrected chi connectivity index (χ1v) is 6.71. The molecule has 0 radical (unpaired) electrons. The molecule has 1 aromatic carbocycles. The van der Waals surface area contributed by atoms with Gasteiger partial charge in [0.1, 0.15) is 5.82 Å². The maximum Gasteiger partial charge on any atom is 0.416 e. The Bertz CT molecular complexity index is 573. The molecule has 0 bridgehead atoms. The highest BCUT2D eigenvalue weighted by molar-refractivity contribution is 7.94. The molecule has 0 unspecified atom stereocenters. The maximum absolute atomic E-state index is 13.1. The number of hydrogen-bond acceptors (Lipinski definition) is 2. The highest BCUT2D eigenvalue weighted by Gasteiger charge is 2.33. The van der Waals surface area contributed by atoms with Crippen molar-refractivity contribution in [1.82, 2.24) is 0 Å². The summed E-state index contributed by atoms with van der Waals surface area (Å²) >= 11 is 0. The Morgan fingerprint density at radius 1 is 1.05 bits per heavy atom. The fourth-order valence-corrected chi connectivity index (χ4v) is 1.85. The standard InChI is InChI=1S/C11H13F4NO2S/c1-10(2,3)19(17,18)16-9-5-7(11(13,14)15)4-8(12)6-9/h4-6,16H,1-3H3. The van der Waals surface area contributed by atoms with Crippen LogP contribution in [-0.2, 0) is 16.2 Å². The lowest BCUT2D eigenvalue weighted by Gasteiger charge is -2.21. The van der Waals surface area contributed by atoms with Gasteiger partial charge in [-0.15, -0.1) is 0 Å². The van der Waals surface area contributed by atoms with Gasteiger partial charge in [0.25, 0.3) is 0 Å². The van der Waals surface area contributed by atoms with E-state index >= 15 is 0 Å². The quantitative estimate of drug-likeness (QED) is 0.851. The number of benzene rings is 1. The van der Waals surface area contributed by atoms with E-state index in [0.717, 1.165) is 0 Å². The Hall–Kier alpha value is -1.31. The molecule has 19 heavy (non-hydrogen) atoms. The molecule has 0 heterocycles. The minimum atomic E-state index is -4.75. The van der Waals surface area contributed by atoms with Gasteiger partial charge < -0.3 is 0 Å². The Labute approximate surface area is 108 Å². The summed E-state index contributed by atoms with van der Waals surface area (Å²) in [5.74, 6) is -1.17. The van der Waals surface area contributed by atoms with Gasteiger partial charge in [-0.2, -0.15) is 13.2 Å². The predicted octanol–water partition coefficient (Wildman–Crippen LogP) is 3.38. The summed E-state index contributed by atoms with van der Waals surface area (Å²) in [6.45, 7) is 4.12. The lowest BCUT2D eigenvalue weighted by atomic mass is 10.2. The number of alkyl halides is 3. The van der Waals surface area contributed by atoms with Gasteiger partial charge in [0, 0.05) is 0 Å². The lowest BCUT2D eigenvalue weighted by Crippen LogP contribution is -2.33. The average Bonchev–Trinajstić information content (AvgIpc) is 2.12. The van der Waals surface area contributed by atoms with Crippen LogP contribution in [-0.4, -0.2) is 13.2 Å². The third-order valence-corrected chi connectivity index (χ3v) is 4.40. The first-order valence-electron chi connectivity index (χ1n) is 5.23. The first kappa shape index (κ1) is 15.7. The van der Waals surface area contributed by atoms with Crippen LogP contribution in [0.1, 0.15) is 26.3 Å². The molecule has 0 aliphatic rings. The highest BCUT2D eigenvalue weighted by atomic mass is 32.2. The van der Waals surface area contributed by atoms with Crippen molar-refractivity contribution in [3.63, 3.8) is 0 Å².